The van der Waals surface area contributed by atoms with E-state index in [-0.39, 0.29) is 6.04 Å². The van der Waals surface area contributed by atoms with Crippen molar-refractivity contribution >= 4 is 21.8 Å². The van der Waals surface area contributed by atoms with Crippen LogP contribution in [0, 0.1) is 5.92 Å². The Kier molecular flexibility index (Phi) is 3.72. The van der Waals surface area contributed by atoms with Crippen LogP contribution in [0.5, 0.6) is 5.75 Å². The number of halogens is 1. The van der Waals surface area contributed by atoms with Crippen molar-refractivity contribution in [2.45, 2.75) is 19.9 Å². The number of aliphatic imine (C=N–C) groups is 1. The van der Waals surface area contributed by atoms with Gasteiger partial charge < -0.3 is 9.47 Å². The minimum Gasteiger partial charge on any atom is -0.496 e. The van der Waals surface area contributed by atoms with Crippen molar-refractivity contribution in [3.05, 3.63) is 28.2 Å². The molecule has 1 aliphatic heterocycles. The highest BCUT2D eigenvalue weighted by atomic mass is 79.9. The van der Waals surface area contributed by atoms with Crippen LogP contribution in [0.4, 0.5) is 0 Å². The molecule has 0 saturated carbocycles. The summed E-state index contributed by atoms with van der Waals surface area (Å²) < 4.78 is 11.7. The third-order valence-corrected chi connectivity index (χ3v) is 3.46. The number of nitrogens with zero attached hydrogens (tertiary/aromatic N) is 1. The molecule has 0 aromatic heterocycles. The quantitative estimate of drug-likeness (QED) is 0.857. The van der Waals surface area contributed by atoms with E-state index in [2.05, 4.69) is 34.8 Å². The van der Waals surface area contributed by atoms with Crippen LogP contribution in [0.2, 0.25) is 0 Å². The summed E-state index contributed by atoms with van der Waals surface area (Å²) >= 11 is 3.46. The summed E-state index contributed by atoms with van der Waals surface area (Å²) in [5.74, 6) is 2.05. The molecule has 2 rings (SSSR count). The van der Waals surface area contributed by atoms with Crippen molar-refractivity contribution in [1.29, 1.82) is 0 Å². The van der Waals surface area contributed by atoms with Crippen molar-refractivity contribution in [1.82, 2.24) is 0 Å². The van der Waals surface area contributed by atoms with E-state index in [0.29, 0.717) is 12.5 Å². The van der Waals surface area contributed by atoms with E-state index in [1.54, 1.807) is 7.11 Å². The molecule has 0 bridgehead atoms. The minimum atomic E-state index is 0.269. The van der Waals surface area contributed by atoms with Gasteiger partial charge in [0.15, 0.2) is 0 Å². The average molecular weight is 298 g/mol. The van der Waals surface area contributed by atoms with Gasteiger partial charge in [-0.25, -0.2) is 4.99 Å². The lowest BCUT2D eigenvalue weighted by Crippen LogP contribution is -2.13. The van der Waals surface area contributed by atoms with Crippen molar-refractivity contribution in [3.63, 3.8) is 0 Å². The lowest BCUT2D eigenvalue weighted by Gasteiger charge is -2.06. The molecule has 1 atom stereocenters. The summed E-state index contributed by atoms with van der Waals surface area (Å²) in [6.45, 7) is 4.99. The number of rotatable bonds is 3. The molecule has 1 aromatic rings. The van der Waals surface area contributed by atoms with Gasteiger partial charge in [0, 0.05) is 5.56 Å². The van der Waals surface area contributed by atoms with Gasteiger partial charge >= 0.3 is 0 Å². The standard InChI is InChI=1S/C13H16BrNO2/c1-8(2)11-7-17-13(15-11)9-4-5-12(16-3)10(14)6-9/h4-6,8,11H,7H2,1-3H3/t11-/m1/s1. The van der Waals surface area contributed by atoms with Crippen LogP contribution in [0.25, 0.3) is 0 Å². The van der Waals surface area contributed by atoms with Crippen LogP contribution in [-0.2, 0) is 4.74 Å². The molecule has 92 valence electrons. The van der Waals surface area contributed by atoms with E-state index in [9.17, 15) is 0 Å². The lowest BCUT2D eigenvalue weighted by molar-refractivity contribution is 0.292. The molecule has 1 aromatic carbocycles. The average Bonchev–Trinajstić information content (AvgIpc) is 2.78. The maximum atomic E-state index is 5.63. The molecule has 0 aliphatic carbocycles. The summed E-state index contributed by atoms with van der Waals surface area (Å²) in [4.78, 5) is 4.59. The molecule has 3 nitrogen and oxygen atoms in total. The Labute approximate surface area is 110 Å². The molecule has 0 unspecified atom stereocenters. The fourth-order valence-corrected chi connectivity index (χ4v) is 2.23. The van der Waals surface area contributed by atoms with Crippen molar-refractivity contribution < 1.29 is 9.47 Å². The lowest BCUT2D eigenvalue weighted by atomic mass is 10.1. The zero-order valence-electron chi connectivity index (χ0n) is 10.2. The molecular weight excluding hydrogens is 282 g/mol. The van der Waals surface area contributed by atoms with E-state index in [1.165, 1.54) is 0 Å². The zero-order chi connectivity index (χ0) is 12.4. The van der Waals surface area contributed by atoms with E-state index >= 15 is 0 Å². The second kappa shape index (κ2) is 5.08. The summed E-state index contributed by atoms with van der Waals surface area (Å²) in [5, 5.41) is 0. The maximum Gasteiger partial charge on any atom is 0.216 e. The highest BCUT2D eigenvalue weighted by molar-refractivity contribution is 9.10. The third-order valence-electron chi connectivity index (χ3n) is 2.84. The first-order chi connectivity index (χ1) is 8.11. The van der Waals surface area contributed by atoms with Crippen molar-refractivity contribution in [2.24, 2.45) is 10.9 Å². The van der Waals surface area contributed by atoms with Crippen LogP contribution in [-0.4, -0.2) is 25.7 Å². The normalized spacial score (nSPS) is 19.1. The Morgan fingerprint density at radius 1 is 1.47 bits per heavy atom. The Morgan fingerprint density at radius 3 is 2.76 bits per heavy atom. The van der Waals surface area contributed by atoms with Gasteiger partial charge in [0.25, 0.3) is 0 Å². The number of hydrogen-bond donors (Lipinski definition) is 0. The van der Waals surface area contributed by atoms with Gasteiger partial charge in [-0.2, -0.15) is 0 Å². The largest absolute Gasteiger partial charge is 0.496 e. The van der Waals surface area contributed by atoms with Gasteiger partial charge in [0.1, 0.15) is 12.4 Å². The SMILES string of the molecule is COc1ccc(C2=N[C@@H](C(C)C)CO2)cc1Br. The van der Waals surface area contributed by atoms with E-state index in [1.807, 2.05) is 18.2 Å². The monoisotopic (exact) mass is 297 g/mol. The summed E-state index contributed by atoms with van der Waals surface area (Å²) in [6, 6.07) is 6.12. The van der Waals surface area contributed by atoms with Gasteiger partial charge in [0.2, 0.25) is 5.90 Å². The molecule has 1 aliphatic rings. The molecule has 1 heterocycles. The van der Waals surface area contributed by atoms with Crippen LogP contribution >= 0.6 is 15.9 Å². The predicted octanol–water partition coefficient (Wildman–Crippen LogP) is 3.26. The highest BCUT2D eigenvalue weighted by Gasteiger charge is 2.23. The molecule has 17 heavy (non-hydrogen) atoms. The molecule has 4 heteroatoms. The predicted molar refractivity (Wildman–Crippen MR) is 71.8 cm³/mol. The van der Waals surface area contributed by atoms with Crippen LogP contribution in [0.3, 0.4) is 0 Å². The molecule has 0 fully saturated rings. The number of ether oxygens (including phenoxy) is 2. The maximum absolute atomic E-state index is 5.63. The fourth-order valence-electron chi connectivity index (χ4n) is 1.69. The van der Waals surface area contributed by atoms with E-state index in [4.69, 9.17) is 9.47 Å². The molecule has 0 spiro atoms. The first-order valence-electron chi connectivity index (χ1n) is 5.66. The number of benzene rings is 1. The van der Waals surface area contributed by atoms with Gasteiger partial charge in [-0.05, 0) is 40.0 Å². The summed E-state index contributed by atoms with van der Waals surface area (Å²) in [5.41, 5.74) is 0.987. The van der Waals surface area contributed by atoms with E-state index < -0.39 is 0 Å². The Balaban J connectivity index is 2.24. The van der Waals surface area contributed by atoms with Crippen LogP contribution in [0.1, 0.15) is 19.4 Å². The topological polar surface area (TPSA) is 30.8 Å². The molecule has 0 N–H and O–H groups in total. The second-order valence-electron chi connectivity index (χ2n) is 4.41. The minimum absolute atomic E-state index is 0.269. The molecule has 0 saturated heterocycles. The third kappa shape index (κ3) is 2.63. The summed E-state index contributed by atoms with van der Waals surface area (Å²) in [6.07, 6.45) is 0. The first kappa shape index (κ1) is 12.4. The Bertz CT molecular complexity index is 443. The molecule has 0 amide bonds. The highest BCUT2D eigenvalue weighted by Crippen LogP contribution is 2.27. The van der Waals surface area contributed by atoms with Gasteiger partial charge in [0.05, 0.1) is 17.6 Å². The molecular formula is C13H16BrNO2. The summed E-state index contributed by atoms with van der Waals surface area (Å²) in [7, 11) is 1.65. The number of hydrogen-bond acceptors (Lipinski definition) is 3. The van der Waals surface area contributed by atoms with Crippen molar-refractivity contribution in [3.8, 4) is 5.75 Å². The van der Waals surface area contributed by atoms with Crippen LogP contribution < -0.4 is 4.74 Å². The molecule has 0 radical (unpaired) electrons. The van der Waals surface area contributed by atoms with Crippen molar-refractivity contribution in [2.75, 3.05) is 13.7 Å². The second-order valence-corrected chi connectivity index (χ2v) is 5.26. The van der Waals surface area contributed by atoms with E-state index in [0.717, 1.165) is 21.7 Å². The zero-order valence-corrected chi connectivity index (χ0v) is 11.8. The fraction of sp³-hybridized carbons (Fsp3) is 0.462. The van der Waals surface area contributed by atoms with Gasteiger partial charge in [-0.1, -0.05) is 13.8 Å². The van der Waals surface area contributed by atoms with Gasteiger partial charge in [-0.3, -0.25) is 0 Å². The first-order valence-corrected chi connectivity index (χ1v) is 6.45. The van der Waals surface area contributed by atoms with Gasteiger partial charge in [-0.15, -0.1) is 0 Å². The Morgan fingerprint density at radius 2 is 2.24 bits per heavy atom. The number of methoxy groups -OCH3 is 1. The van der Waals surface area contributed by atoms with Crippen LogP contribution in [0.15, 0.2) is 27.7 Å². The Hall–Kier alpha value is -1.03. The smallest absolute Gasteiger partial charge is 0.216 e.